The molecule has 0 atom stereocenters. The van der Waals surface area contributed by atoms with Crippen molar-refractivity contribution < 1.29 is 12.8 Å². The van der Waals surface area contributed by atoms with E-state index in [2.05, 4.69) is 20.5 Å². The largest absolute Gasteiger partial charge is 0.467 e. The Morgan fingerprint density at radius 1 is 1.00 bits per heavy atom. The zero-order chi connectivity index (χ0) is 21.7. The van der Waals surface area contributed by atoms with Crippen LogP contribution in [0.25, 0.3) is 5.69 Å². The summed E-state index contributed by atoms with van der Waals surface area (Å²) in [5, 5.41) is 10.6. The van der Waals surface area contributed by atoms with Crippen molar-refractivity contribution in [2.75, 3.05) is 10.0 Å². The van der Waals surface area contributed by atoms with E-state index >= 15 is 0 Å². The molecule has 0 saturated heterocycles. The zero-order valence-electron chi connectivity index (χ0n) is 16.2. The molecule has 0 fully saturated rings. The first-order chi connectivity index (χ1) is 15.0. The summed E-state index contributed by atoms with van der Waals surface area (Å²) >= 11 is 5.25. The normalized spacial score (nSPS) is 11.1. The van der Waals surface area contributed by atoms with Gasteiger partial charge in [-0.05, 0) is 60.7 Å². The standard InChI is InChI=1S/C21H19N5O3S2/c27-31(28,25-20-12-13-23-26(20)17-5-2-1-3-6-17)19-10-8-16(9-11-19)24-21(30)22-15-18-7-4-14-29-18/h1-14,25H,15H2,(H2,22,24,30). The highest BCUT2D eigenvalue weighted by atomic mass is 32.2. The number of thiocarbonyl (C=S) groups is 1. The van der Waals surface area contributed by atoms with Gasteiger partial charge in [0.2, 0.25) is 0 Å². The van der Waals surface area contributed by atoms with Gasteiger partial charge in [0.25, 0.3) is 10.0 Å². The number of aromatic nitrogens is 2. The molecule has 2 aromatic heterocycles. The number of hydrogen-bond donors (Lipinski definition) is 3. The van der Waals surface area contributed by atoms with Crippen molar-refractivity contribution in [2.24, 2.45) is 0 Å². The molecule has 4 aromatic rings. The predicted octanol–water partition coefficient (Wildman–Crippen LogP) is 3.75. The number of furan rings is 1. The van der Waals surface area contributed by atoms with E-state index in [9.17, 15) is 8.42 Å². The van der Waals surface area contributed by atoms with Crippen molar-refractivity contribution in [1.29, 1.82) is 0 Å². The molecule has 8 nitrogen and oxygen atoms in total. The van der Waals surface area contributed by atoms with Crippen LogP contribution in [0.5, 0.6) is 0 Å². The summed E-state index contributed by atoms with van der Waals surface area (Å²) in [4.78, 5) is 0.119. The first kappa shape index (κ1) is 20.6. The number of anilines is 2. The maximum Gasteiger partial charge on any atom is 0.263 e. The van der Waals surface area contributed by atoms with Crippen molar-refractivity contribution >= 4 is 38.9 Å². The smallest absolute Gasteiger partial charge is 0.263 e. The van der Waals surface area contributed by atoms with Crippen LogP contribution in [0.2, 0.25) is 0 Å². The Kier molecular flexibility index (Phi) is 6.01. The number of nitrogens with one attached hydrogen (secondary N) is 3. The van der Waals surface area contributed by atoms with Gasteiger partial charge in [0.15, 0.2) is 5.11 Å². The lowest BCUT2D eigenvalue weighted by atomic mass is 10.3. The van der Waals surface area contributed by atoms with Gasteiger partial charge in [0, 0.05) is 11.8 Å². The molecular weight excluding hydrogens is 434 g/mol. The summed E-state index contributed by atoms with van der Waals surface area (Å²) in [6.07, 6.45) is 3.13. The van der Waals surface area contributed by atoms with Crippen LogP contribution in [0, 0.1) is 0 Å². The van der Waals surface area contributed by atoms with Crippen LogP contribution in [0.1, 0.15) is 5.76 Å². The highest BCUT2D eigenvalue weighted by molar-refractivity contribution is 7.92. The van der Waals surface area contributed by atoms with E-state index in [4.69, 9.17) is 16.6 Å². The van der Waals surface area contributed by atoms with Crippen LogP contribution in [0.15, 0.2) is 94.6 Å². The molecule has 31 heavy (non-hydrogen) atoms. The fourth-order valence-corrected chi connectivity index (χ4v) is 4.06. The highest BCUT2D eigenvalue weighted by Crippen LogP contribution is 2.20. The molecule has 158 valence electrons. The van der Waals surface area contributed by atoms with E-state index in [-0.39, 0.29) is 4.90 Å². The molecule has 0 aliphatic carbocycles. The van der Waals surface area contributed by atoms with E-state index in [0.717, 1.165) is 11.4 Å². The summed E-state index contributed by atoms with van der Waals surface area (Å²) in [6.45, 7) is 0.449. The second kappa shape index (κ2) is 9.02. The maximum atomic E-state index is 12.8. The summed E-state index contributed by atoms with van der Waals surface area (Å²) in [5.41, 5.74) is 1.41. The number of benzene rings is 2. The third-order valence-corrected chi connectivity index (χ3v) is 5.93. The molecule has 2 heterocycles. The third kappa shape index (κ3) is 5.11. The second-order valence-corrected chi connectivity index (χ2v) is 8.57. The average molecular weight is 454 g/mol. The lowest BCUT2D eigenvalue weighted by Crippen LogP contribution is -2.27. The Morgan fingerprint density at radius 3 is 2.48 bits per heavy atom. The minimum Gasteiger partial charge on any atom is -0.467 e. The van der Waals surface area contributed by atoms with E-state index < -0.39 is 10.0 Å². The lowest BCUT2D eigenvalue weighted by molar-refractivity contribution is 0.503. The van der Waals surface area contributed by atoms with Crippen molar-refractivity contribution in [3.8, 4) is 5.69 Å². The molecule has 0 bridgehead atoms. The van der Waals surface area contributed by atoms with Crippen molar-refractivity contribution in [3.63, 3.8) is 0 Å². The lowest BCUT2D eigenvalue weighted by Gasteiger charge is -2.12. The molecule has 0 saturated carbocycles. The summed E-state index contributed by atoms with van der Waals surface area (Å²) in [6, 6.07) is 20.8. The number of hydrogen-bond acceptors (Lipinski definition) is 5. The van der Waals surface area contributed by atoms with Gasteiger partial charge in [0.05, 0.1) is 29.6 Å². The zero-order valence-corrected chi connectivity index (χ0v) is 17.9. The second-order valence-electron chi connectivity index (χ2n) is 6.48. The summed E-state index contributed by atoms with van der Waals surface area (Å²) in [7, 11) is -3.80. The van der Waals surface area contributed by atoms with Crippen LogP contribution < -0.4 is 15.4 Å². The van der Waals surface area contributed by atoms with Crippen LogP contribution in [-0.4, -0.2) is 23.3 Å². The Bertz CT molecular complexity index is 1250. The Hall–Kier alpha value is -3.63. The van der Waals surface area contributed by atoms with Gasteiger partial charge in [-0.1, -0.05) is 18.2 Å². The van der Waals surface area contributed by atoms with Gasteiger partial charge >= 0.3 is 0 Å². The number of para-hydroxylation sites is 1. The molecule has 0 amide bonds. The van der Waals surface area contributed by atoms with Crippen LogP contribution in [0.3, 0.4) is 0 Å². The fourth-order valence-electron chi connectivity index (χ4n) is 2.83. The van der Waals surface area contributed by atoms with Gasteiger partial charge in [0.1, 0.15) is 11.6 Å². The molecule has 2 aromatic carbocycles. The predicted molar refractivity (Wildman–Crippen MR) is 123 cm³/mol. The third-order valence-electron chi connectivity index (χ3n) is 4.31. The molecule has 10 heteroatoms. The number of nitrogens with zero attached hydrogens (tertiary/aromatic N) is 2. The minimum absolute atomic E-state index is 0.119. The van der Waals surface area contributed by atoms with Gasteiger partial charge in [-0.25, -0.2) is 13.1 Å². The Morgan fingerprint density at radius 2 is 1.77 bits per heavy atom. The molecule has 0 aliphatic rings. The van der Waals surface area contributed by atoms with Gasteiger partial charge in [-0.2, -0.15) is 5.10 Å². The van der Waals surface area contributed by atoms with Crippen LogP contribution in [0.4, 0.5) is 11.5 Å². The maximum absolute atomic E-state index is 12.8. The van der Waals surface area contributed by atoms with Gasteiger partial charge in [-0.15, -0.1) is 0 Å². The molecule has 4 rings (SSSR count). The van der Waals surface area contributed by atoms with E-state index in [1.807, 2.05) is 36.4 Å². The van der Waals surface area contributed by atoms with Crippen LogP contribution in [-0.2, 0) is 16.6 Å². The fraction of sp³-hybridized carbons (Fsp3) is 0.0476. The molecule has 0 aliphatic heterocycles. The Balaban J connectivity index is 1.41. The van der Waals surface area contributed by atoms with Gasteiger partial charge in [-0.3, -0.25) is 4.72 Å². The first-order valence-corrected chi connectivity index (χ1v) is 11.2. The topological polar surface area (TPSA) is 101 Å². The molecule has 0 unspecified atom stereocenters. The van der Waals surface area contributed by atoms with E-state index in [0.29, 0.717) is 23.2 Å². The number of rotatable bonds is 7. The SMILES string of the molecule is O=S(=O)(Nc1ccnn1-c1ccccc1)c1ccc(NC(=S)NCc2ccco2)cc1. The highest BCUT2D eigenvalue weighted by Gasteiger charge is 2.17. The summed E-state index contributed by atoms with van der Waals surface area (Å²) in [5.74, 6) is 1.10. The monoisotopic (exact) mass is 453 g/mol. The van der Waals surface area contributed by atoms with Crippen LogP contribution >= 0.6 is 12.2 Å². The molecule has 0 radical (unpaired) electrons. The van der Waals surface area contributed by atoms with Crippen molar-refractivity contribution in [1.82, 2.24) is 15.1 Å². The molecular formula is C21H19N5O3S2. The molecule has 0 spiro atoms. The molecule has 3 N–H and O–H groups in total. The average Bonchev–Trinajstić information content (AvgIpc) is 3.45. The quantitative estimate of drug-likeness (QED) is 0.366. The number of sulfonamides is 1. The van der Waals surface area contributed by atoms with Crippen molar-refractivity contribution in [3.05, 3.63) is 91.0 Å². The van der Waals surface area contributed by atoms with Crippen molar-refractivity contribution in [2.45, 2.75) is 11.4 Å². The summed E-state index contributed by atoms with van der Waals surface area (Å²) < 4.78 is 35.0. The van der Waals surface area contributed by atoms with E-state index in [1.54, 1.807) is 30.5 Å². The van der Waals surface area contributed by atoms with E-state index in [1.165, 1.54) is 23.0 Å². The van der Waals surface area contributed by atoms with Gasteiger partial charge < -0.3 is 15.1 Å². The minimum atomic E-state index is -3.80. The first-order valence-electron chi connectivity index (χ1n) is 9.31. The Labute approximate surface area is 185 Å².